The highest BCUT2D eigenvalue weighted by Crippen LogP contribution is 2.35. The zero-order valence-electron chi connectivity index (χ0n) is 22.3. The fourth-order valence-electron chi connectivity index (χ4n) is 4.45. The summed E-state index contributed by atoms with van der Waals surface area (Å²) in [7, 11) is 0. The van der Waals surface area contributed by atoms with Crippen LogP contribution in [0.15, 0.2) is 90.0 Å². The molecule has 1 aromatic heterocycles. The molecule has 204 valence electrons. The van der Waals surface area contributed by atoms with Crippen LogP contribution >= 0.6 is 24.0 Å². The predicted molar refractivity (Wildman–Crippen MR) is 164 cm³/mol. The number of aromatic nitrogens is 2. The van der Waals surface area contributed by atoms with Crippen LogP contribution in [0.3, 0.4) is 0 Å². The molecule has 2 heterocycles. The van der Waals surface area contributed by atoms with Crippen molar-refractivity contribution in [2.75, 3.05) is 6.54 Å². The first-order valence-electron chi connectivity index (χ1n) is 13.4. The van der Waals surface area contributed by atoms with E-state index in [0.29, 0.717) is 27.1 Å². The molecule has 0 bridgehead atoms. The molecule has 1 amide bonds. The fourth-order valence-corrected chi connectivity index (χ4v) is 5.75. The number of nitrogens with zero attached hydrogens (tertiary/aromatic N) is 3. The molecule has 0 saturated carbocycles. The van der Waals surface area contributed by atoms with Crippen molar-refractivity contribution in [3.05, 3.63) is 107 Å². The van der Waals surface area contributed by atoms with Gasteiger partial charge in [-0.05, 0) is 55.0 Å². The first kappa shape index (κ1) is 27.8. The minimum atomic E-state index is -0.290. The molecule has 40 heavy (non-hydrogen) atoms. The van der Waals surface area contributed by atoms with Gasteiger partial charge in [0.2, 0.25) is 0 Å². The van der Waals surface area contributed by atoms with Crippen LogP contribution in [0.1, 0.15) is 43.7 Å². The van der Waals surface area contributed by atoms with E-state index >= 15 is 0 Å². The van der Waals surface area contributed by atoms with Gasteiger partial charge in [0.15, 0.2) is 0 Å². The molecular formula is C32H30FN3O2S2. The lowest BCUT2D eigenvalue weighted by molar-refractivity contribution is -0.122. The second-order valence-corrected chi connectivity index (χ2v) is 11.2. The number of carbonyl (C=O) groups excluding carboxylic acids is 1. The maximum atomic E-state index is 14.0. The third-order valence-corrected chi connectivity index (χ3v) is 8.02. The number of hydrogen-bond donors (Lipinski definition) is 0. The summed E-state index contributed by atoms with van der Waals surface area (Å²) in [4.78, 5) is 15.6. The molecule has 0 N–H and O–H groups in total. The van der Waals surface area contributed by atoms with Crippen LogP contribution in [0.4, 0.5) is 4.39 Å². The Morgan fingerprint density at radius 1 is 0.975 bits per heavy atom. The Labute approximate surface area is 243 Å². The molecule has 1 saturated heterocycles. The largest absolute Gasteiger partial charge is 0.489 e. The monoisotopic (exact) mass is 571 g/mol. The average molecular weight is 572 g/mol. The van der Waals surface area contributed by atoms with Crippen LogP contribution in [0, 0.1) is 5.82 Å². The second-order valence-electron chi connectivity index (χ2n) is 9.51. The van der Waals surface area contributed by atoms with Crippen molar-refractivity contribution in [2.45, 2.75) is 39.2 Å². The van der Waals surface area contributed by atoms with Gasteiger partial charge in [0.05, 0.1) is 16.3 Å². The van der Waals surface area contributed by atoms with E-state index in [0.717, 1.165) is 48.2 Å². The molecule has 5 nitrogen and oxygen atoms in total. The van der Waals surface area contributed by atoms with E-state index < -0.39 is 0 Å². The molecule has 0 atom stereocenters. The maximum Gasteiger partial charge on any atom is 0.266 e. The highest BCUT2D eigenvalue weighted by molar-refractivity contribution is 8.26. The maximum absolute atomic E-state index is 14.0. The highest BCUT2D eigenvalue weighted by atomic mass is 32.2. The van der Waals surface area contributed by atoms with Crippen LogP contribution in [0.25, 0.3) is 23.0 Å². The third-order valence-electron chi connectivity index (χ3n) is 6.64. The molecule has 5 rings (SSSR count). The lowest BCUT2D eigenvalue weighted by Gasteiger charge is -2.13. The zero-order valence-corrected chi connectivity index (χ0v) is 23.9. The van der Waals surface area contributed by atoms with E-state index in [2.05, 4.69) is 6.92 Å². The highest BCUT2D eigenvalue weighted by Gasteiger charge is 2.32. The second kappa shape index (κ2) is 13.1. The van der Waals surface area contributed by atoms with E-state index in [1.54, 1.807) is 23.1 Å². The van der Waals surface area contributed by atoms with E-state index in [1.165, 1.54) is 17.8 Å². The number of para-hydroxylation sites is 1. The van der Waals surface area contributed by atoms with E-state index in [1.807, 2.05) is 71.6 Å². The van der Waals surface area contributed by atoms with Gasteiger partial charge in [0.25, 0.3) is 5.91 Å². The Morgan fingerprint density at radius 3 is 2.48 bits per heavy atom. The lowest BCUT2D eigenvalue weighted by Crippen LogP contribution is -2.29. The van der Waals surface area contributed by atoms with Gasteiger partial charge >= 0.3 is 0 Å². The number of unbranched alkanes of at least 4 members (excludes halogenated alkanes) is 3. The summed E-state index contributed by atoms with van der Waals surface area (Å²) in [6.45, 7) is 2.95. The van der Waals surface area contributed by atoms with Gasteiger partial charge in [-0.15, -0.1) is 0 Å². The zero-order chi connectivity index (χ0) is 27.9. The molecule has 1 fully saturated rings. The Kier molecular flexibility index (Phi) is 9.08. The number of benzene rings is 3. The van der Waals surface area contributed by atoms with Gasteiger partial charge < -0.3 is 4.74 Å². The molecule has 1 aliphatic rings. The summed E-state index contributed by atoms with van der Waals surface area (Å²) < 4.78 is 22.2. The molecule has 0 radical (unpaired) electrons. The van der Waals surface area contributed by atoms with E-state index in [-0.39, 0.29) is 18.3 Å². The van der Waals surface area contributed by atoms with Crippen molar-refractivity contribution in [1.29, 1.82) is 0 Å². The summed E-state index contributed by atoms with van der Waals surface area (Å²) in [6.07, 6.45) is 8.14. The first-order chi connectivity index (χ1) is 19.5. The Hall–Kier alpha value is -3.75. The molecule has 1 aliphatic heterocycles. The third kappa shape index (κ3) is 6.51. The van der Waals surface area contributed by atoms with Gasteiger partial charge in [-0.25, -0.2) is 9.07 Å². The van der Waals surface area contributed by atoms with Crippen molar-refractivity contribution in [3.8, 4) is 22.7 Å². The molecule has 3 aromatic carbocycles. The Morgan fingerprint density at radius 2 is 1.73 bits per heavy atom. The molecule has 8 heteroatoms. The molecule has 0 aliphatic carbocycles. The van der Waals surface area contributed by atoms with Crippen LogP contribution < -0.4 is 4.74 Å². The number of rotatable bonds is 11. The first-order valence-corrected chi connectivity index (χ1v) is 14.6. The minimum Gasteiger partial charge on any atom is -0.489 e. The number of thioether (sulfide) groups is 1. The van der Waals surface area contributed by atoms with Crippen molar-refractivity contribution < 1.29 is 13.9 Å². The predicted octanol–water partition coefficient (Wildman–Crippen LogP) is 8.04. The molecule has 0 unspecified atom stereocenters. The van der Waals surface area contributed by atoms with Crippen LogP contribution in [0.2, 0.25) is 0 Å². The summed E-state index contributed by atoms with van der Waals surface area (Å²) >= 11 is 6.89. The van der Waals surface area contributed by atoms with Crippen molar-refractivity contribution in [3.63, 3.8) is 0 Å². The van der Waals surface area contributed by atoms with Crippen molar-refractivity contribution in [1.82, 2.24) is 14.7 Å². The standard InChI is InChI=1S/C32H30FN3O2S2/c1-2-3-4-10-19-35-31(37)29(40-32(35)39)20-25-21-36(26-12-6-5-7-13-26)34-30(25)23-15-17-27(18-16-23)38-22-24-11-8-9-14-28(24)33/h5-9,11-18,20-21H,2-4,10,19,22H2,1H3. The SMILES string of the molecule is CCCCCCN1C(=O)C(=Cc2cn(-c3ccccc3)nc2-c2ccc(OCc3ccccc3F)cc2)SC1=S. The minimum absolute atomic E-state index is 0.0539. The smallest absolute Gasteiger partial charge is 0.266 e. The topological polar surface area (TPSA) is 47.4 Å². The molecule has 4 aromatic rings. The van der Waals surface area contributed by atoms with E-state index in [4.69, 9.17) is 22.1 Å². The quantitative estimate of drug-likeness (QED) is 0.104. The van der Waals surface area contributed by atoms with E-state index in [9.17, 15) is 9.18 Å². The fraction of sp³-hybridized carbons (Fsp3) is 0.219. The van der Waals surface area contributed by atoms with Crippen LogP contribution in [-0.2, 0) is 11.4 Å². The average Bonchev–Trinajstić information content (AvgIpc) is 3.51. The number of halogens is 1. The summed E-state index contributed by atoms with van der Waals surface area (Å²) in [5.41, 5.74) is 3.83. The van der Waals surface area contributed by atoms with Gasteiger partial charge in [0.1, 0.15) is 22.5 Å². The summed E-state index contributed by atoms with van der Waals surface area (Å²) in [5.74, 6) is 0.281. The van der Waals surface area contributed by atoms with Gasteiger partial charge in [-0.3, -0.25) is 9.69 Å². The Balaban J connectivity index is 1.40. The number of carbonyl (C=O) groups is 1. The van der Waals surface area contributed by atoms with Gasteiger partial charge in [-0.1, -0.05) is 86.6 Å². The van der Waals surface area contributed by atoms with Crippen LogP contribution in [0.5, 0.6) is 5.75 Å². The molecular weight excluding hydrogens is 542 g/mol. The number of ether oxygens (including phenoxy) is 1. The van der Waals surface area contributed by atoms with Crippen molar-refractivity contribution in [2.24, 2.45) is 0 Å². The number of amides is 1. The van der Waals surface area contributed by atoms with Crippen molar-refractivity contribution >= 4 is 40.3 Å². The normalized spacial score (nSPS) is 14.3. The molecule has 0 spiro atoms. The number of hydrogen-bond acceptors (Lipinski definition) is 5. The van der Waals surface area contributed by atoms with Gasteiger partial charge in [0, 0.05) is 29.4 Å². The summed E-state index contributed by atoms with van der Waals surface area (Å²) in [6, 6.07) is 24.0. The Bertz CT molecular complexity index is 1520. The summed E-state index contributed by atoms with van der Waals surface area (Å²) in [5, 5.41) is 4.88. The van der Waals surface area contributed by atoms with Crippen LogP contribution in [-0.4, -0.2) is 31.5 Å². The number of thiocarbonyl (C=S) groups is 1. The van der Waals surface area contributed by atoms with Gasteiger partial charge in [-0.2, -0.15) is 5.10 Å². The lowest BCUT2D eigenvalue weighted by atomic mass is 10.1.